The van der Waals surface area contributed by atoms with Gasteiger partial charge in [-0.1, -0.05) is 35.9 Å². The lowest BCUT2D eigenvalue weighted by molar-refractivity contribution is -0.137. The number of hydrogen-bond donors (Lipinski definition) is 3. The molecule has 0 aliphatic heterocycles. The van der Waals surface area contributed by atoms with Gasteiger partial charge < -0.3 is 16.4 Å². The number of amides is 2. The summed E-state index contributed by atoms with van der Waals surface area (Å²) in [5.74, 6) is -0.375. The van der Waals surface area contributed by atoms with Crippen LogP contribution in [0.1, 0.15) is 11.1 Å². The number of nitrogens with one attached hydrogen (secondary N) is 2. The minimum absolute atomic E-state index is 0.0655. The molecule has 2 amide bonds. The summed E-state index contributed by atoms with van der Waals surface area (Å²) < 4.78 is 53.5. The summed E-state index contributed by atoms with van der Waals surface area (Å²) in [6.45, 7) is -0.155. The molecule has 0 aliphatic carbocycles. The quantitative estimate of drug-likeness (QED) is 0.281. The average Bonchev–Trinajstić information content (AvgIpc) is 3.14. The van der Waals surface area contributed by atoms with Crippen molar-refractivity contribution in [2.45, 2.75) is 12.7 Å². The summed E-state index contributed by atoms with van der Waals surface area (Å²) in [5, 5.41) is 10.1. The molecule has 1 aromatic heterocycles. The van der Waals surface area contributed by atoms with Gasteiger partial charge >= 0.3 is 12.2 Å². The lowest BCUT2D eigenvalue weighted by atomic mass is 10.1. The SMILES string of the molecule is Nc1c(NC(=O)NCc2cccc(C(F)(F)F)c2)c(-c2ccc(Cl)cc2)nn1-c1ccc(F)cc1. The molecular weight excluding hydrogens is 486 g/mol. The van der Waals surface area contributed by atoms with Crippen molar-refractivity contribution in [3.63, 3.8) is 0 Å². The molecule has 0 aliphatic rings. The van der Waals surface area contributed by atoms with Crippen LogP contribution in [0.2, 0.25) is 5.02 Å². The summed E-state index contributed by atoms with van der Waals surface area (Å²) in [5.41, 5.74) is 7.26. The van der Waals surface area contributed by atoms with Crippen molar-refractivity contribution in [1.82, 2.24) is 15.1 Å². The molecule has 0 spiro atoms. The standard InChI is InChI=1S/C24H18ClF4N5O/c25-17-6-4-15(5-7-17)20-21(22(30)34(33-20)19-10-8-18(26)9-11-19)32-23(35)31-13-14-2-1-3-16(12-14)24(27,28)29/h1-12H,13,30H2,(H2,31,32,35). The second-order valence-corrected chi connectivity index (χ2v) is 7.95. The van der Waals surface area contributed by atoms with E-state index in [4.69, 9.17) is 17.3 Å². The third-order valence-electron chi connectivity index (χ3n) is 5.06. The fourth-order valence-electron chi connectivity index (χ4n) is 3.34. The fraction of sp³-hybridized carbons (Fsp3) is 0.0833. The predicted molar refractivity (Wildman–Crippen MR) is 126 cm³/mol. The molecule has 180 valence electrons. The van der Waals surface area contributed by atoms with E-state index in [1.807, 2.05) is 0 Å². The van der Waals surface area contributed by atoms with Gasteiger partial charge in [0.2, 0.25) is 0 Å². The van der Waals surface area contributed by atoms with E-state index in [9.17, 15) is 22.4 Å². The van der Waals surface area contributed by atoms with Crippen LogP contribution in [-0.4, -0.2) is 15.8 Å². The predicted octanol–water partition coefficient (Wildman–Crippen LogP) is 6.25. The smallest absolute Gasteiger partial charge is 0.382 e. The van der Waals surface area contributed by atoms with Gasteiger partial charge in [0, 0.05) is 17.1 Å². The molecule has 4 rings (SSSR count). The Balaban J connectivity index is 1.61. The number of halogens is 5. The number of nitrogen functional groups attached to an aromatic ring is 1. The normalized spacial score (nSPS) is 11.3. The zero-order chi connectivity index (χ0) is 25.2. The van der Waals surface area contributed by atoms with Gasteiger partial charge in [-0.15, -0.1) is 0 Å². The van der Waals surface area contributed by atoms with Crippen LogP contribution < -0.4 is 16.4 Å². The molecule has 0 saturated heterocycles. The van der Waals surface area contributed by atoms with E-state index in [1.54, 1.807) is 24.3 Å². The minimum atomic E-state index is -4.49. The first-order valence-corrected chi connectivity index (χ1v) is 10.6. The minimum Gasteiger partial charge on any atom is -0.382 e. The highest BCUT2D eigenvalue weighted by atomic mass is 35.5. The van der Waals surface area contributed by atoms with Gasteiger partial charge in [0.05, 0.1) is 11.3 Å². The van der Waals surface area contributed by atoms with Crippen LogP contribution in [0.4, 0.5) is 33.9 Å². The molecule has 0 bridgehead atoms. The van der Waals surface area contributed by atoms with E-state index < -0.39 is 23.6 Å². The Bertz CT molecular complexity index is 1350. The van der Waals surface area contributed by atoms with Crippen LogP contribution >= 0.6 is 11.6 Å². The maximum atomic E-state index is 13.4. The fourth-order valence-corrected chi connectivity index (χ4v) is 3.47. The highest BCUT2D eigenvalue weighted by Crippen LogP contribution is 2.35. The summed E-state index contributed by atoms with van der Waals surface area (Å²) in [6.07, 6.45) is -4.49. The van der Waals surface area contributed by atoms with Gasteiger partial charge in [0.1, 0.15) is 17.2 Å². The number of nitrogens with zero attached hydrogens (tertiary/aromatic N) is 2. The van der Waals surface area contributed by atoms with Gasteiger partial charge in [-0.25, -0.2) is 13.9 Å². The van der Waals surface area contributed by atoms with Crippen molar-refractivity contribution in [2.24, 2.45) is 0 Å². The lowest BCUT2D eigenvalue weighted by Crippen LogP contribution is -2.28. The number of benzene rings is 3. The van der Waals surface area contributed by atoms with Crippen LogP contribution in [0, 0.1) is 5.82 Å². The Morgan fingerprint density at radius 1 is 1.03 bits per heavy atom. The monoisotopic (exact) mass is 503 g/mol. The van der Waals surface area contributed by atoms with Crippen LogP contribution in [0.15, 0.2) is 72.8 Å². The molecule has 6 nitrogen and oxygen atoms in total. The molecular formula is C24H18ClF4N5O. The van der Waals surface area contributed by atoms with Crippen LogP contribution in [0.3, 0.4) is 0 Å². The molecule has 35 heavy (non-hydrogen) atoms. The number of carbonyl (C=O) groups is 1. The van der Waals surface area contributed by atoms with Crippen molar-refractivity contribution in [2.75, 3.05) is 11.1 Å². The number of nitrogens with two attached hydrogens (primary N) is 1. The van der Waals surface area contributed by atoms with Crippen molar-refractivity contribution >= 4 is 29.1 Å². The molecule has 0 unspecified atom stereocenters. The Morgan fingerprint density at radius 3 is 2.37 bits per heavy atom. The largest absolute Gasteiger partial charge is 0.416 e. The third kappa shape index (κ3) is 5.55. The number of rotatable bonds is 5. The first kappa shape index (κ1) is 24.1. The second kappa shape index (κ2) is 9.67. The van der Waals surface area contributed by atoms with Gasteiger partial charge in [-0.05, 0) is 54.1 Å². The van der Waals surface area contributed by atoms with E-state index >= 15 is 0 Å². The summed E-state index contributed by atoms with van der Waals surface area (Å²) >= 11 is 5.97. The molecule has 1 heterocycles. The Hall–Kier alpha value is -4.05. The van der Waals surface area contributed by atoms with E-state index in [0.717, 1.165) is 12.1 Å². The van der Waals surface area contributed by atoms with Crippen LogP contribution in [0.5, 0.6) is 0 Å². The molecule has 3 aromatic carbocycles. The van der Waals surface area contributed by atoms with Crippen molar-refractivity contribution in [3.05, 3.63) is 94.8 Å². The van der Waals surface area contributed by atoms with Gasteiger partial charge in [-0.2, -0.15) is 18.3 Å². The first-order valence-electron chi connectivity index (χ1n) is 10.2. The molecule has 11 heteroatoms. The van der Waals surface area contributed by atoms with Crippen molar-refractivity contribution < 1.29 is 22.4 Å². The molecule has 0 radical (unpaired) electrons. The van der Waals surface area contributed by atoms with Crippen LogP contribution in [-0.2, 0) is 12.7 Å². The number of urea groups is 1. The van der Waals surface area contributed by atoms with Gasteiger partial charge in [0.25, 0.3) is 0 Å². The maximum Gasteiger partial charge on any atom is 0.416 e. The highest BCUT2D eigenvalue weighted by Gasteiger charge is 2.30. The Labute approximate surface area is 202 Å². The summed E-state index contributed by atoms with van der Waals surface area (Å²) in [7, 11) is 0. The van der Waals surface area contributed by atoms with E-state index in [-0.39, 0.29) is 23.6 Å². The lowest BCUT2D eigenvalue weighted by Gasteiger charge is -2.11. The maximum absolute atomic E-state index is 13.4. The highest BCUT2D eigenvalue weighted by molar-refractivity contribution is 6.30. The zero-order valence-electron chi connectivity index (χ0n) is 17.9. The van der Waals surface area contributed by atoms with E-state index in [1.165, 1.54) is 41.1 Å². The molecule has 4 aromatic rings. The molecule has 0 fully saturated rings. The third-order valence-corrected chi connectivity index (χ3v) is 5.31. The van der Waals surface area contributed by atoms with Crippen LogP contribution in [0.25, 0.3) is 16.9 Å². The van der Waals surface area contributed by atoms with E-state index in [2.05, 4.69) is 15.7 Å². The van der Waals surface area contributed by atoms with Crippen molar-refractivity contribution in [3.8, 4) is 16.9 Å². The number of alkyl halides is 3. The molecule has 4 N–H and O–H groups in total. The first-order chi connectivity index (χ1) is 16.6. The Kier molecular flexibility index (Phi) is 6.65. The number of hydrogen-bond acceptors (Lipinski definition) is 3. The topological polar surface area (TPSA) is 85.0 Å². The van der Waals surface area contributed by atoms with Gasteiger partial charge in [-0.3, -0.25) is 0 Å². The second-order valence-electron chi connectivity index (χ2n) is 7.51. The Morgan fingerprint density at radius 2 is 1.71 bits per heavy atom. The molecule has 0 saturated carbocycles. The van der Waals surface area contributed by atoms with Crippen molar-refractivity contribution in [1.29, 1.82) is 0 Å². The number of aromatic nitrogens is 2. The summed E-state index contributed by atoms with van der Waals surface area (Å²) in [4.78, 5) is 12.6. The molecule has 0 atom stereocenters. The summed E-state index contributed by atoms with van der Waals surface area (Å²) in [6, 6.07) is 16.0. The van der Waals surface area contributed by atoms with Gasteiger partial charge in [0.15, 0.2) is 5.82 Å². The number of anilines is 2. The number of carbonyl (C=O) groups excluding carboxylic acids is 1. The zero-order valence-corrected chi connectivity index (χ0v) is 18.7. The van der Waals surface area contributed by atoms with E-state index in [0.29, 0.717) is 22.0 Å². The average molecular weight is 504 g/mol.